The summed E-state index contributed by atoms with van der Waals surface area (Å²) in [4.78, 5) is 16.0. The molecule has 1 aromatic rings. The highest BCUT2D eigenvalue weighted by Crippen LogP contribution is 2.29. The predicted octanol–water partition coefficient (Wildman–Crippen LogP) is 2.47. The highest BCUT2D eigenvalue weighted by molar-refractivity contribution is 7.14. The first kappa shape index (κ1) is 13.6. The summed E-state index contributed by atoms with van der Waals surface area (Å²) in [5.41, 5.74) is 1.37. The van der Waals surface area contributed by atoms with E-state index in [1.165, 1.54) is 29.7 Å². The predicted molar refractivity (Wildman–Crippen MR) is 74.2 cm³/mol. The number of amides is 1. The number of aliphatic hydroxyl groups excluding tert-OH is 1. The van der Waals surface area contributed by atoms with Crippen LogP contribution in [-0.4, -0.2) is 35.6 Å². The van der Waals surface area contributed by atoms with E-state index in [1.807, 2.05) is 0 Å². The van der Waals surface area contributed by atoms with Gasteiger partial charge in [0.05, 0.1) is 11.0 Å². The van der Waals surface area contributed by atoms with E-state index in [4.69, 9.17) is 0 Å². The first-order valence-corrected chi connectivity index (χ1v) is 7.44. The summed E-state index contributed by atoms with van der Waals surface area (Å²) >= 11 is 1.64. The summed E-state index contributed by atoms with van der Waals surface area (Å²) in [5, 5.41) is 9.33. The molecule has 4 heteroatoms. The van der Waals surface area contributed by atoms with Crippen molar-refractivity contribution < 1.29 is 9.90 Å². The lowest BCUT2D eigenvalue weighted by Gasteiger charge is -2.17. The van der Waals surface area contributed by atoms with Crippen molar-refractivity contribution in [2.24, 2.45) is 0 Å². The Balaban J connectivity index is 2.11. The molecular formula is C14H21NO2S. The van der Waals surface area contributed by atoms with Crippen molar-refractivity contribution in [3.8, 4) is 0 Å². The molecule has 1 aromatic heterocycles. The molecule has 0 bridgehead atoms. The average Bonchev–Trinajstić information content (AvgIpc) is 2.59. The van der Waals surface area contributed by atoms with Crippen molar-refractivity contribution >= 4 is 17.2 Å². The van der Waals surface area contributed by atoms with Gasteiger partial charge in [0.15, 0.2) is 0 Å². The zero-order chi connectivity index (χ0) is 13.1. The van der Waals surface area contributed by atoms with Crippen LogP contribution in [0.2, 0.25) is 0 Å². The average molecular weight is 267 g/mol. The fourth-order valence-electron chi connectivity index (χ4n) is 2.44. The molecule has 0 saturated heterocycles. The van der Waals surface area contributed by atoms with Crippen molar-refractivity contribution in [2.75, 3.05) is 13.6 Å². The number of hydrogen-bond acceptors (Lipinski definition) is 3. The standard InChI is InChI=1S/C14H21NO2S/c1-10(16)9-15(2)14(17)13-8-11-6-4-3-5-7-12(11)18-13/h8,10,16H,3-7,9H2,1-2H3. The molecule has 2 rings (SSSR count). The van der Waals surface area contributed by atoms with Crippen LogP contribution in [0.15, 0.2) is 6.07 Å². The third kappa shape index (κ3) is 3.12. The fourth-order valence-corrected chi connectivity index (χ4v) is 3.69. The lowest BCUT2D eigenvalue weighted by atomic mass is 10.1. The van der Waals surface area contributed by atoms with Gasteiger partial charge in [0.2, 0.25) is 0 Å². The quantitative estimate of drug-likeness (QED) is 0.855. The highest BCUT2D eigenvalue weighted by atomic mass is 32.1. The molecule has 0 saturated carbocycles. The molecule has 1 heterocycles. The van der Waals surface area contributed by atoms with Crippen LogP contribution in [0, 0.1) is 0 Å². The molecular weight excluding hydrogens is 246 g/mol. The van der Waals surface area contributed by atoms with Crippen molar-refractivity contribution in [1.82, 2.24) is 4.90 Å². The third-order valence-corrected chi connectivity index (χ3v) is 4.57. The zero-order valence-electron chi connectivity index (χ0n) is 11.1. The van der Waals surface area contributed by atoms with Gasteiger partial charge in [-0.1, -0.05) is 6.42 Å². The summed E-state index contributed by atoms with van der Waals surface area (Å²) in [7, 11) is 1.75. The fraction of sp³-hybridized carbons (Fsp3) is 0.643. The molecule has 1 unspecified atom stereocenters. The smallest absolute Gasteiger partial charge is 0.263 e. The third-order valence-electron chi connectivity index (χ3n) is 3.34. The molecule has 1 N–H and O–H groups in total. The maximum absolute atomic E-state index is 12.2. The van der Waals surface area contributed by atoms with E-state index in [0.29, 0.717) is 6.54 Å². The lowest BCUT2D eigenvalue weighted by Crippen LogP contribution is -2.32. The highest BCUT2D eigenvalue weighted by Gasteiger charge is 2.19. The second-order valence-electron chi connectivity index (χ2n) is 5.15. The molecule has 1 aliphatic rings. The molecule has 1 aliphatic carbocycles. The Morgan fingerprint density at radius 1 is 1.44 bits per heavy atom. The Kier molecular flexibility index (Phi) is 4.40. The van der Waals surface area contributed by atoms with Crippen LogP contribution in [0.1, 0.15) is 46.3 Å². The molecule has 0 spiro atoms. The van der Waals surface area contributed by atoms with E-state index in [2.05, 4.69) is 6.07 Å². The molecule has 3 nitrogen and oxygen atoms in total. The van der Waals surface area contributed by atoms with Gasteiger partial charge in [0.25, 0.3) is 5.91 Å². The molecule has 100 valence electrons. The summed E-state index contributed by atoms with van der Waals surface area (Å²) in [6, 6.07) is 2.06. The van der Waals surface area contributed by atoms with Crippen LogP contribution < -0.4 is 0 Å². The van der Waals surface area contributed by atoms with E-state index in [9.17, 15) is 9.90 Å². The van der Waals surface area contributed by atoms with Crippen LogP contribution in [0.3, 0.4) is 0 Å². The van der Waals surface area contributed by atoms with E-state index in [1.54, 1.807) is 30.2 Å². The van der Waals surface area contributed by atoms with Crippen molar-refractivity contribution in [2.45, 2.75) is 45.1 Å². The SMILES string of the molecule is CC(O)CN(C)C(=O)c1cc2c(s1)CCCCC2. The summed E-state index contributed by atoms with van der Waals surface area (Å²) in [6.45, 7) is 2.09. The molecule has 1 atom stereocenters. The largest absolute Gasteiger partial charge is 0.392 e. The monoisotopic (exact) mass is 267 g/mol. The van der Waals surface area contributed by atoms with Gasteiger partial charge in [-0.2, -0.15) is 0 Å². The van der Waals surface area contributed by atoms with Crippen LogP contribution in [0.4, 0.5) is 0 Å². The van der Waals surface area contributed by atoms with Crippen molar-refractivity contribution in [1.29, 1.82) is 0 Å². The summed E-state index contributed by atoms with van der Waals surface area (Å²) < 4.78 is 0. The van der Waals surface area contributed by atoms with E-state index >= 15 is 0 Å². The zero-order valence-corrected chi connectivity index (χ0v) is 11.9. The number of thiophene rings is 1. The van der Waals surface area contributed by atoms with Crippen LogP contribution in [0.5, 0.6) is 0 Å². The number of hydrogen-bond donors (Lipinski definition) is 1. The number of aryl methyl sites for hydroxylation is 2. The Hall–Kier alpha value is -0.870. The maximum atomic E-state index is 12.2. The normalized spacial score (nSPS) is 16.8. The van der Waals surface area contributed by atoms with Crippen LogP contribution in [0.25, 0.3) is 0 Å². The second kappa shape index (κ2) is 5.85. The number of nitrogens with zero attached hydrogens (tertiary/aromatic N) is 1. The van der Waals surface area contributed by atoms with Gasteiger partial charge in [0, 0.05) is 18.5 Å². The van der Waals surface area contributed by atoms with Gasteiger partial charge in [-0.25, -0.2) is 0 Å². The molecule has 0 aromatic carbocycles. The molecule has 0 aliphatic heterocycles. The molecule has 0 fully saturated rings. The number of carbonyl (C=O) groups excluding carboxylic acids is 1. The molecule has 18 heavy (non-hydrogen) atoms. The summed E-state index contributed by atoms with van der Waals surface area (Å²) in [5.74, 6) is 0.0361. The lowest BCUT2D eigenvalue weighted by molar-refractivity contribution is 0.0708. The molecule has 1 amide bonds. The number of likely N-dealkylation sites (N-methyl/N-ethyl adjacent to an activating group) is 1. The topological polar surface area (TPSA) is 40.5 Å². The van der Waals surface area contributed by atoms with Gasteiger partial charge in [-0.3, -0.25) is 4.79 Å². The Bertz CT molecular complexity index is 402. The van der Waals surface area contributed by atoms with Crippen LogP contribution in [-0.2, 0) is 12.8 Å². The van der Waals surface area contributed by atoms with Gasteiger partial charge in [-0.05, 0) is 44.2 Å². The number of aliphatic hydroxyl groups is 1. The minimum absolute atomic E-state index is 0.0361. The number of fused-ring (bicyclic) bond motifs is 1. The first-order chi connectivity index (χ1) is 8.58. The van der Waals surface area contributed by atoms with Gasteiger partial charge in [-0.15, -0.1) is 11.3 Å². The van der Waals surface area contributed by atoms with Gasteiger partial charge >= 0.3 is 0 Å². The van der Waals surface area contributed by atoms with Crippen molar-refractivity contribution in [3.05, 3.63) is 21.4 Å². The van der Waals surface area contributed by atoms with Crippen molar-refractivity contribution in [3.63, 3.8) is 0 Å². The van der Waals surface area contributed by atoms with Gasteiger partial charge in [0.1, 0.15) is 0 Å². The molecule has 0 radical (unpaired) electrons. The minimum Gasteiger partial charge on any atom is -0.392 e. The van der Waals surface area contributed by atoms with Crippen LogP contribution >= 0.6 is 11.3 Å². The summed E-state index contributed by atoms with van der Waals surface area (Å²) in [6.07, 6.45) is 5.53. The maximum Gasteiger partial charge on any atom is 0.263 e. The van der Waals surface area contributed by atoms with Gasteiger partial charge < -0.3 is 10.0 Å². The Labute approximate surface area is 112 Å². The number of rotatable bonds is 3. The van der Waals surface area contributed by atoms with E-state index in [0.717, 1.165) is 17.7 Å². The van der Waals surface area contributed by atoms with E-state index < -0.39 is 6.10 Å². The second-order valence-corrected chi connectivity index (χ2v) is 6.29. The first-order valence-electron chi connectivity index (χ1n) is 6.63. The van der Waals surface area contributed by atoms with E-state index in [-0.39, 0.29) is 5.91 Å². The Morgan fingerprint density at radius 2 is 2.17 bits per heavy atom. The minimum atomic E-state index is -0.475. The Morgan fingerprint density at radius 3 is 2.89 bits per heavy atom. The number of carbonyl (C=O) groups is 1.